The summed E-state index contributed by atoms with van der Waals surface area (Å²) in [7, 11) is 0. The number of aromatic hydroxyl groups is 1. The number of phenolic OH excluding ortho intramolecular Hbond substituents is 1. The molecule has 0 aliphatic carbocycles. The van der Waals surface area contributed by atoms with Gasteiger partial charge in [-0.15, -0.1) is 0 Å². The van der Waals surface area contributed by atoms with Gasteiger partial charge in [-0.25, -0.2) is 15.2 Å². The maximum absolute atomic E-state index is 12.7. The van der Waals surface area contributed by atoms with Gasteiger partial charge in [-0.2, -0.15) is 18.7 Å². The van der Waals surface area contributed by atoms with Crippen molar-refractivity contribution in [3.05, 3.63) is 74.4 Å². The van der Waals surface area contributed by atoms with E-state index in [4.69, 9.17) is 0 Å². The van der Waals surface area contributed by atoms with Crippen molar-refractivity contribution >= 4 is 10.9 Å². The molecule has 0 spiro atoms. The fourth-order valence-corrected chi connectivity index (χ4v) is 3.41. The number of para-hydroxylation sites is 1. The van der Waals surface area contributed by atoms with Gasteiger partial charge in [0.25, 0.3) is 5.56 Å². The first-order chi connectivity index (χ1) is 14.2. The molecule has 30 heavy (non-hydrogen) atoms. The number of phenols is 1. The van der Waals surface area contributed by atoms with Gasteiger partial charge in [0.05, 0.1) is 22.5 Å². The molecule has 1 aromatic heterocycles. The Morgan fingerprint density at radius 1 is 1.10 bits per heavy atom. The summed E-state index contributed by atoms with van der Waals surface area (Å²) in [5.41, 5.74) is 4.75. The largest absolute Gasteiger partial charge is 0.506 e. The molecular formula is C19H18F3N5O3. The van der Waals surface area contributed by atoms with Gasteiger partial charge in [0.1, 0.15) is 5.75 Å². The standard InChI is InChI=1S/C19H18F3N5O3/c20-19(21,22)12-6-4-11(5-7-12)8-26-9-13(24-25-26)10-27-17(29)14-2-1-3-15(28)16(14)23-18(27)30/h1-7,13,24-25,28H,8-10H2,(H,23,30). The van der Waals surface area contributed by atoms with Crippen LogP contribution in [0.25, 0.3) is 10.9 Å². The van der Waals surface area contributed by atoms with Crippen molar-refractivity contribution < 1.29 is 18.3 Å². The van der Waals surface area contributed by atoms with Crippen LogP contribution in [-0.4, -0.2) is 32.3 Å². The number of halogens is 3. The average Bonchev–Trinajstić information content (AvgIpc) is 3.13. The van der Waals surface area contributed by atoms with Gasteiger partial charge in [-0.05, 0) is 29.8 Å². The van der Waals surface area contributed by atoms with Crippen LogP contribution in [-0.2, 0) is 19.3 Å². The van der Waals surface area contributed by atoms with Crippen LogP contribution >= 0.6 is 0 Å². The van der Waals surface area contributed by atoms with Crippen LogP contribution in [0.15, 0.2) is 52.1 Å². The number of nitrogens with one attached hydrogen (secondary N) is 3. The van der Waals surface area contributed by atoms with Crippen LogP contribution in [0.4, 0.5) is 13.2 Å². The Balaban J connectivity index is 1.46. The normalized spacial score (nSPS) is 17.6. The Kier molecular flexibility index (Phi) is 5.10. The second kappa shape index (κ2) is 7.59. The van der Waals surface area contributed by atoms with E-state index in [0.717, 1.165) is 16.7 Å². The Morgan fingerprint density at radius 2 is 1.83 bits per heavy atom. The zero-order valence-corrected chi connectivity index (χ0v) is 15.5. The third-order valence-corrected chi connectivity index (χ3v) is 4.92. The molecule has 11 heteroatoms. The van der Waals surface area contributed by atoms with Crippen molar-refractivity contribution in [1.82, 2.24) is 25.5 Å². The van der Waals surface area contributed by atoms with Crippen LogP contribution in [0, 0.1) is 0 Å². The molecule has 0 bridgehead atoms. The number of rotatable bonds is 4. The molecule has 1 aliphatic rings. The number of benzene rings is 2. The van der Waals surface area contributed by atoms with Crippen LogP contribution < -0.4 is 22.2 Å². The molecule has 4 N–H and O–H groups in total. The molecule has 1 fully saturated rings. The zero-order valence-electron chi connectivity index (χ0n) is 15.5. The summed E-state index contributed by atoms with van der Waals surface area (Å²) in [6.45, 7) is 0.805. The minimum absolute atomic E-state index is 0.0657. The van der Waals surface area contributed by atoms with E-state index >= 15 is 0 Å². The van der Waals surface area contributed by atoms with Gasteiger partial charge in [-0.1, -0.05) is 18.2 Å². The smallest absolute Gasteiger partial charge is 0.416 e. The molecule has 1 atom stereocenters. The summed E-state index contributed by atoms with van der Waals surface area (Å²) < 4.78 is 39.0. The van der Waals surface area contributed by atoms with E-state index in [0.29, 0.717) is 18.7 Å². The minimum Gasteiger partial charge on any atom is -0.506 e. The number of H-pyrrole nitrogens is 1. The number of aromatic amines is 1. The lowest BCUT2D eigenvalue weighted by atomic mass is 10.1. The predicted octanol–water partition coefficient (Wildman–Crippen LogP) is 1.31. The first kappa shape index (κ1) is 20.1. The Morgan fingerprint density at radius 3 is 2.53 bits per heavy atom. The third-order valence-electron chi connectivity index (χ3n) is 4.92. The van der Waals surface area contributed by atoms with Crippen molar-refractivity contribution in [3.63, 3.8) is 0 Å². The summed E-state index contributed by atoms with van der Waals surface area (Å²) >= 11 is 0. The van der Waals surface area contributed by atoms with Crippen LogP contribution in [0.3, 0.4) is 0 Å². The molecule has 1 unspecified atom stereocenters. The van der Waals surface area contributed by atoms with E-state index in [1.807, 2.05) is 0 Å². The molecule has 1 saturated heterocycles. The highest BCUT2D eigenvalue weighted by atomic mass is 19.4. The number of hydrazine groups is 2. The van der Waals surface area contributed by atoms with E-state index in [1.54, 1.807) is 5.01 Å². The van der Waals surface area contributed by atoms with E-state index in [2.05, 4.69) is 15.9 Å². The minimum atomic E-state index is -4.38. The number of hydrogen-bond acceptors (Lipinski definition) is 6. The topological polar surface area (TPSA) is 102 Å². The van der Waals surface area contributed by atoms with Crippen molar-refractivity contribution in [3.8, 4) is 5.75 Å². The molecule has 158 valence electrons. The first-order valence-electron chi connectivity index (χ1n) is 9.09. The first-order valence-corrected chi connectivity index (χ1v) is 9.09. The van der Waals surface area contributed by atoms with E-state index in [-0.39, 0.29) is 29.2 Å². The highest BCUT2D eigenvalue weighted by Crippen LogP contribution is 2.29. The third kappa shape index (κ3) is 3.95. The molecular weight excluding hydrogens is 403 g/mol. The van der Waals surface area contributed by atoms with E-state index in [9.17, 15) is 27.9 Å². The van der Waals surface area contributed by atoms with Crippen molar-refractivity contribution in [2.45, 2.75) is 25.3 Å². The number of nitrogens with zero attached hydrogens (tertiary/aromatic N) is 2. The van der Waals surface area contributed by atoms with Gasteiger partial charge in [-0.3, -0.25) is 9.36 Å². The van der Waals surface area contributed by atoms with Gasteiger partial charge in [0.2, 0.25) is 0 Å². The van der Waals surface area contributed by atoms with Crippen molar-refractivity contribution in [2.75, 3.05) is 6.54 Å². The predicted molar refractivity (Wildman–Crippen MR) is 102 cm³/mol. The van der Waals surface area contributed by atoms with Gasteiger partial charge in [0, 0.05) is 19.6 Å². The second-order valence-electron chi connectivity index (χ2n) is 7.07. The van der Waals surface area contributed by atoms with Gasteiger partial charge < -0.3 is 10.1 Å². The van der Waals surface area contributed by atoms with Gasteiger partial charge in [0.15, 0.2) is 0 Å². The Hall–Kier alpha value is -3.15. The number of alkyl halides is 3. The molecule has 2 aromatic carbocycles. The zero-order chi connectivity index (χ0) is 21.5. The van der Waals surface area contributed by atoms with Crippen molar-refractivity contribution in [2.24, 2.45) is 0 Å². The monoisotopic (exact) mass is 421 g/mol. The SMILES string of the molecule is O=c1[nH]c2c(O)cccc2c(=O)n1CC1CN(Cc2ccc(C(F)(F)F)cc2)NN1. The lowest BCUT2D eigenvalue weighted by molar-refractivity contribution is -0.137. The molecule has 8 nitrogen and oxygen atoms in total. The van der Waals surface area contributed by atoms with Crippen LogP contribution in [0.2, 0.25) is 0 Å². The van der Waals surface area contributed by atoms with Gasteiger partial charge >= 0.3 is 11.9 Å². The fraction of sp³-hybridized carbons (Fsp3) is 0.263. The summed E-state index contributed by atoms with van der Waals surface area (Å²) in [5, 5.41) is 11.8. The molecule has 2 heterocycles. The molecule has 3 aromatic rings. The lowest BCUT2D eigenvalue weighted by Crippen LogP contribution is -2.43. The maximum atomic E-state index is 12.7. The molecule has 1 aliphatic heterocycles. The average molecular weight is 421 g/mol. The molecule has 0 amide bonds. The quantitative estimate of drug-likeness (QED) is 0.507. The summed E-state index contributed by atoms with van der Waals surface area (Å²) in [4.78, 5) is 27.5. The molecule has 4 rings (SSSR count). The van der Waals surface area contributed by atoms with Crippen LogP contribution in [0.5, 0.6) is 5.75 Å². The second-order valence-corrected chi connectivity index (χ2v) is 7.07. The Bertz CT molecular complexity index is 1190. The summed E-state index contributed by atoms with van der Waals surface area (Å²) in [5.74, 6) is -0.183. The fourth-order valence-electron chi connectivity index (χ4n) is 3.41. The summed E-state index contributed by atoms with van der Waals surface area (Å²) in [6, 6.07) is 8.98. The number of fused-ring (bicyclic) bond motifs is 1. The van der Waals surface area contributed by atoms with E-state index < -0.39 is 23.0 Å². The molecule has 0 saturated carbocycles. The lowest BCUT2D eigenvalue weighted by Gasteiger charge is -2.15. The highest BCUT2D eigenvalue weighted by Gasteiger charge is 2.30. The van der Waals surface area contributed by atoms with E-state index in [1.165, 1.54) is 30.3 Å². The highest BCUT2D eigenvalue weighted by molar-refractivity contribution is 5.82. The van der Waals surface area contributed by atoms with Crippen LogP contribution in [0.1, 0.15) is 11.1 Å². The number of hydrogen-bond donors (Lipinski definition) is 4. The van der Waals surface area contributed by atoms with Crippen molar-refractivity contribution in [1.29, 1.82) is 0 Å². The Labute approximate surface area is 167 Å². The molecule has 0 radical (unpaired) electrons. The summed E-state index contributed by atoms with van der Waals surface area (Å²) in [6.07, 6.45) is -4.38. The number of aromatic nitrogens is 2. The maximum Gasteiger partial charge on any atom is 0.416 e.